The maximum Gasteiger partial charge on any atom is 0.0478 e. The molecule has 0 aromatic heterocycles. The molecule has 0 heterocycles. The zero-order valence-corrected chi connectivity index (χ0v) is 9.60. The summed E-state index contributed by atoms with van der Waals surface area (Å²) in [4.78, 5) is 0. The second-order valence-corrected chi connectivity index (χ2v) is 4.03. The lowest BCUT2D eigenvalue weighted by molar-refractivity contribution is 1.39. The van der Waals surface area contributed by atoms with Gasteiger partial charge < -0.3 is 0 Å². The van der Waals surface area contributed by atoms with E-state index < -0.39 is 0 Å². The highest BCUT2D eigenvalue weighted by Gasteiger charge is 1.95. The molecule has 0 unspecified atom stereocenters. The molecule has 0 saturated heterocycles. The van der Waals surface area contributed by atoms with Crippen LogP contribution in [0.1, 0.15) is 25.0 Å². The minimum atomic E-state index is 0.784. The predicted molar refractivity (Wildman–Crippen MR) is 64.4 cm³/mol. The van der Waals surface area contributed by atoms with Crippen LogP contribution in [0.25, 0.3) is 5.03 Å². The van der Waals surface area contributed by atoms with E-state index >= 15 is 0 Å². The molecule has 0 aliphatic carbocycles. The fourth-order valence-electron chi connectivity index (χ4n) is 1.05. The Labute approximate surface area is 90.9 Å². The summed E-state index contributed by atoms with van der Waals surface area (Å²) >= 11 is 6.12. The third-order valence-electron chi connectivity index (χ3n) is 1.89. The molecule has 0 saturated carbocycles. The molecule has 0 amide bonds. The first-order valence-corrected chi connectivity index (χ1v) is 5.05. The summed E-state index contributed by atoms with van der Waals surface area (Å²) in [5, 5.41) is 0.784. The fourth-order valence-corrected chi connectivity index (χ4v) is 1.24. The first kappa shape index (κ1) is 11.1. The number of aryl methyl sites for hydroxylation is 1. The van der Waals surface area contributed by atoms with Gasteiger partial charge in [-0.05, 0) is 32.4 Å². The fraction of sp³-hybridized carbons (Fsp3) is 0.231. The topological polar surface area (TPSA) is 0 Å². The molecule has 1 rings (SSSR count). The van der Waals surface area contributed by atoms with Gasteiger partial charge in [0, 0.05) is 5.03 Å². The van der Waals surface area contributed by atoms with Gasteiger partial charge in [-0.3, -0.25) is 0 Å². The number of hydrogen-bond acceptors (Lipinski definition) is 0. The van der Waals surface area contributed by atoms with Crippen molar-refractivity contribution in [2.75, 3.05) is 0 Å². The highest BCUT2D eigenvalue weighted by Crippen LogP contribution is 2.19. The molecular formula is C13H15Cl. The molecule has 0 bridgehead atoms. The van der Waals surface area contributed by atoms with Gasteiger partial charge in [-0.25, -0.2) is 0 Å². The van der Waals surface area contributed by atoms with Crippen LogP contribution in [0.4, 0.5) is 0 Å². The molecule has 0 fully saturated rings. The van der Waals surface area contributed by atoms with Gasteiger partial charge in [-0.2, -0.15) is 0 Å². The standard InChI is InChI=1S/C13H15Cl/c1-10(2)4-9-13(14)12-7-5-11(3)6-8-12/h4-9H,1-3H3/b13-9-. The van der Waals surface area contributed by atoms with Crippen molar-refractivity contribution in [1.82, 2.24) is 0 Å². The molecular weight excluding hydrogens is 192 g/mol. The molecule has 0 aliphatic heterocycles. The third-order valence-corrected chi connectivity index (χ3v) is 2.23. The van der Waals surface area contributed by atoms with Crippen LogP contribution in [0.5, 0.6) is 0 Å². The van der Waals surface area contributed by atoms with E-state index in [2.05, 4.69) is 32.9 Å². The summed E-state index contributed by atoms with van der Waals surface area (Å²) < 4.78 is 0. The maximum absolute atomic E-state index is 6.12. The quantitative estimate of drug-likeness (QED) is 0.624. The molecule has 1 aromatic carbocycles. The van der Waals surface area contributed by atoms with Gasteiger partial charge in [0.2, 0.25) is 0 Å². The Balaban J connectivity index is 2.89. The maximum atomic E-state index is 6.12. The zero-order valence-electron chi connectivity index (χ0n) is 8.84. The lowest BCUT2D eigenvalue weighted by Gasteiger charge is -1.98. The monoisotopic (exact) mass is 206 g/mol. The second kappa shape index (κ2) is 5.02. The van der Waals surface area contributed by atoms with Gasteiger partial charge in [0.1, 0.15) is 0 Å². The van der Waals surface area contributed by atoms with Gasteiger partial charge in [0.15, 0.2) is 0 Å². The average Bonchev–Trinajstić information content (AvgIpc) is 2.15. The predicted octanol–water partition coefficient (Wildman–Crippen LogP) is 4.54. The van der Waals surface area contributed by atoms with Crippen molar-refractivity contribution >= 4 is 16.6 Å². The van der Waals surface area contributed by atoms with Gasteiger partial charge in [0.25, 0.3) is 0 Å². The van der Waals surface area contributed by atoms with E-state index in [1.54, 1.807) is 0 Å². The van der Waals surface area contributed by atoms with Gasteiger partial charge in [0.05, 0.1) is 0 Å². The number of benzene rings is 1. The molecule has 1 heteroatoms. The van der Waals surface area contributed by atoms with E-state index in [-0.39, 0.29) is 0 Å². The van der Waals surface area contributed by atoms with Gasteiger partial charge in [-0.15, -0.1) is 0 Å². The van der Waals surface area contributed by atoms with E-state index in [1.807, 2.05) is 24.3 Å². The SMILES string of the molecule is CC(C)=C/C=C(\Cl)c1ccc(C)cc1. The summed E-state index contributed by atoms with van der Waals surface area (Å²) in [5.41, 5.74) is 3.56. The molecule has 0 N–H and O–H groups in total. The highest BCUT2D eigenvalue weighted by atomic mass is 35.5. The van der Waals surface area contributed by atoms with E-state index in [0.29, 0.717) is 0 Å². The number of rotatable bonds is 2. The van der Waals surface area contributed by atoms with Crippen molar-refractivity contribution in [1.29, 1.82) is 0 Å². The Morgan fingerprint density at radius 3 is 2.14 bits per heavy atom. The Hall–Kier alpha value is -1.01. The normalized spacial score (nSPS) is 11.3. The van der Waals surface area contributed by atoms with Crippen LogP contribution >= 0.6 is 11.6 Å². The van der Waals surface area contributed by atoms with Crippen molar-refractivity contribution in [3.8, 4) is 0 Å². The molecule has 14 heavy (non-hydrogen) atoms. The Kier molecular flexibility index (Phi) is 3.97. The van der Waals surface area contributed by atoms with Crippen molar-refractivity contribution < 1.29 is 0 Å². The third kappa shape index (κ3) is 3.39. The largest absolute Gasteiger partial charge is 0.0837 e. The van der Waals surface area contributed by atoms with Crippen LogP contribution < -0.4 is 0 Å². The Morgan fingerprint density at radius 2 is 1.64 bits per heavy atom. The molecule has 0 radical (unpaired) electrons. The lowest BCUT2D eigenvalue weighted by Crippen LogP contribution is -1.77. The number of allylic oxidation sites excluding steroid dienone is 3. The van der Waals surface area contributed by atoms with Crippen LogP contribution in [-0.4, -0.2) is 0 Å². The molecule has 1 aromatic rings. The van der Waals surface area contributed by atoms with Crippen LogP contribution in [-0.2, 0) is 0 Å². The van der Waals surface area contributed by atoms with Crippen molar-refractivity contribution in [3.63, 3.8) is 0 Å². The number of halogens is 1. The summed E-state index contributed by atoms with van der Waals surface area (Å²) in [6.45, 7) is 6.17. The van der Waals surface area contributed by atoms with Crippen molar-refractivity contribution in [2.24, 2.45) is 0 Å². The zero-order chi connectivity index (χ0) is 10.6. The van der Waals surface area contributed by atoms with E-state index in [9.17, 15) is 0 Å². The van der Waals surface area contributed by atoms with Crippen LogP contribution in [0.3, 0.4) is 0 Å². The second-order valence-electron chi connectivity index (χ2n) is 3.62. The summed E-state index contributed by atoms with van der Waals surface area (Å²) in [7, 11) is 0. The summed E-state index contributed by atoms with van der Waals surface area (Å²) in [6.07, 6.45) is 3.95. The number of hydrogen-bond donors (Lipinski definition) is 0. The summed E-state index contributed by atoms with van der Waals surface area (Å²) in [6, 6.07) is 8.20. The van der Waals surface area contributed by atoms with Gasteiger partial charge >= 0.3 is 0 Å². The van der Waals surface area contributed by atoms with E-state index in [1.165, 1.54) is 11.1 Å². The highest BCUT2D eigenvalue weighted by molar-refractivity contribution is 6.48. The molecule has 0 aliphatic rings. The van der Waals surface area contributed by atoms with Crippen LogP contribution in [0, 0.1) is 6.92 Å². The van der Waals surface area contributed by atoms with Crippen molar-refractivity contribution in [3.05, 3.63) is 53.1 Å². The van der Waals surface area contributed by atoms with Gasteiger partial charge in [-0.1, -0.05) is 53.1 Å². The minimum Gasteiger partial charge on any atom is -0.0837 e. The lowest BCUT2D eigenvalue weighted by atomic mass is 10.1. The summed E-state index contributed by atoms with van der Waals surface area (Å²) in [5.74, 6) is 0. The first-order valence-electron chi connectivity index (χ1n) is 4.67. The molecule has 0 nitrogen and oxygen atoms in total. The van der Waals surface area contributed by atoms with E-state index in [0.717, 1.165) is 10.6 Å². The molecule has 0 atom stereocenters. The first-order chi connectivity index (χ1) is 6.59. The average molecular weight is 207 g/mol. The smallest absolute Gasteiger partial charge is 0.0478 e. The van der Waals surface area contributed by atoms with Crippen LogP contribution in [0.2, 0.25) is 0 Å². The van der Waals surface area contributed by atoms with Crippen LogP contribution in [0.15, 0.2) is 42.0 Å². The minimum absolute atomic E-state index is 0.784. The molecule has 0 spiro atoms. The van der Waals surface area contributed by atoms with Crippen molar-refractivity contribution in [2.45, 2.75) is 20.8 Å². The molecule has 74 valence electrons. The van der Waals surface area contributed by atoms with E-state index in [4.69, 9.17) is 11.6 Å². The Bertz CT molecular complexity index is 351. The Morgan fingerprint density at radius 1 is 1.07 bits per heavy atom.